The number of anilines is 2. The van der Waals surface area contributed by atoms with E-state index in [1.165, 1.54) is 11.3 Å². The first-order valence-corrected chi connectivity index (χ1v) is 8.54. The molecule has 0 saturated heterocycles. The number of nitrogens with one attached hydrogen (secondary N) is 1. The van der Waals surface area contributed by atoms with Gasteiger partial charge in [0.1, 0.15) is 4.90 Å². The molecule has 7 heteroatoms. The number of aryl methyl sites for hydroxylation is 2. The van der Waals surface area contributed by atoms with Gasteiger partial charge in [-0.15, -0.1) is 11.3 Å². The van der Waals surface area contributed by atoms with E-state index in [-0.39, 0.29) is 4.90 Å². The molecule has 1 heterocycles. The van der Waals surface area contributed by atoms with Crippen molar-refractivity contribution in [3.05, 3.63) is 38.5 Å². The third-order valence-corrected chi connectivity index (χ3v) is 5.83. The van der Waals surface area contributed by atoms with E-state index < -0.39 is 10.0 Å². The summed E-state index contributed by atoms with van der Waals surface area (Å²) in [6, 6.07) is 6.86. The van der Waals surface area contributed by atoms with Gasteiger partial charge < -0.3 is 5.73 Å². The molecule has 0 atom stereocenters. The van der Waals surface area contributed by atoms with E-state index in [2.05, 4.69) is 20.7 Å². The summed E-state index contributed by atoms with van der Waals surface area (Å²) in [5.74, 6) is 0. The zero-order chi connectivity index (χ0) is 14.2. The number of para-hydroxylation sites is 1. The first-order chi connectivity index (χ1) is 8.81. The summed E-state index contributed by atoms with van der Waals surface area (Å²) in [4.78, 5) is 0.999. The normalized spacial score (nSPS) is 11.5. The number of benzene rings is 1. The Hall–Kier alpha value is -1.05. The van der Waals surface area contributed by atoms with Crippen molar-refractivity contribution in [1.82, 2.24) is 0 Å². The standard InChI is InChI=1S/C12H13BrN2O2S2/c1-7-4-3-5-9(14)12(7)15-19(16,17)10-6-11(13)18-8(10)2/h3-6,15H,14H2,1-2H3. The van der Waals surface area contributed by atoms with Crippen LogP contribution >= 0.6 is 27.3 Å². The van der Waals surface area contributed by atoms with Crippen LogP contribution in [0.1, 0.15) is 10.4 Å². The molecule has 102 valence electrons. The molecule has 0 aliphatic carbocycles. The lowest BCUT2D eigenvalue weighted by Crippen LogP contribution is -2.15. The lowest BCUT2D eigenvalue weighted by atomic mass is 10.2. The van der Waals surface area contributed by atoms with E-state index in [1.807, 2.05) is 13.0 Å². The molecule has 4 nitrogen and oxygen atoms in total. The van der Waals surface area contributed by atoms with Gasteiger partial charge in [-0.3, -0.25) is 4.72 Å². The number of hydrogen-bond acceptors (Lipinski definition) is 4. The topological polar surface area (TPSA) is 72.2 Å². The van der Waals surface area contributed by atoms with Gasteiger partial charge in [0.2, 0.25) is 0 Å². The first kappa shape index (κ1) is 14.4. The second-order valence-electron chi connectivity index (χ2n) is 4.12. The molecule has 1 aromatic carbocycles. The van der Waals surface area contributed by atoms with Crippen molar-refractivity contribution >= 4 is 48.7 Å². The lowest BCUT2D eigenvalue weighted by molar-refractivity contribution is 0.601. The molecular formula is C12H13BrN2O2S2. The van der Waals surface area contributed by atoms with Crippen LogP contribution in [0.5, 0.6) is 0 Å². The Morgan fingerprint density at radius 2 is 2.00 bits per heavy atom. The van der Waals surface area contributed by atoms with E-state index in [9.17, 15) is 8.42 Å². The Morgan fingerprint density at radius 1 is 1.32 bits per heavy atom. The van der Waals surface area contributed by atoms with Gasteiger partial charge in [0.15, 0.2) is 0 Å². The summed E-state index contributed by atoms with van der Waals surface area (Å²) in [5.41, 5.74) is 7.45. The number of nitrogen functional groups attached to an aromatic ring is 1. The van der Waals surface area contributed by atoms with Crippen LogP contribution in [0.25, 0.3) is 0 Å². The smallest absolute Gasteiger partial charge is 0.263 e. The van der Waals surface area contributed by atoms with Crippen LogP contribution in [0, 0.1) is 13.8 Å². The molecule has 0 fully saturated rings. The van der Waals surface area contributed by atoms with Crippen LogP contribution in [-0.4, -0.2) is 8.42 Å². The van der Waals surface area contributed by atoms with E-state index in [1.54, 1.807) is 25.1 Å². The minimum absolute atomic E-state index is 0.270. The highest BCUT2D eigenvalue weighted by molar-refractivity contribution is 9.11. The second kappa shape index (κ2) is 5.15. The molecular weight excluding hydrogens is 348 g/mol. The minimum atomic E-state index is -3.62. The summed E-state index contributed by atoms with van der Waals surface area (Å²) in [6.45, 7) is 3.58. The molecule has 2 rings (SSSR count). The number of sulfonamides is 1. The van der Waals surface area contributed by atoms with E-state index in [0.717, 1.165) is 14.2 Å². The van der Waals surface area contributed by atoms with Gasteiger partial charge in [-0.1, -0.05) is 12.1 Å². The lowest BCUT2D eigenvalue weighted by Gasteiger charge is -2.12. The molecule has 0 amide bonds. The van der Waals surface area contributed by atoms with E-state index in [4.69, 9.17) is 5.73 Å². The van der Waals surface area contributed by atoms with Crippen LogP contribution in [0.2, 0.25) is 0 Å². The Bertz CT molecular complexity index is 703. The maximum Gasteiger partial charge on any atom is 0.263 e. The summed E-state index contributed by atoms with van der Waals surface area (Å²) in [6.07, 6.45) is 0. The average molecular weight is 361 g/mol. The van der Waals surface area contributed by atoms with Gasteiger partial charge in [0.05, 0.1) is 15.2 Å². The molecule has 19 heavy (non-hydrogen) atoms. The van der Waals surface area contributed by atoms with Crippen molar-refractivity contribution in [3.63, 3.8) is 0 Å². The van der Waals surface area contributed by atoms with Crippen molar-refractivity contribution < 1.29 is 8.42 Å². The fourth-order valence-corrected chi connectivity index (χ4v) is 5.29. The highest BCUT2D eigenvalue weighted by Gasteiger charge is 2.21. The Balaban J connectivity index is 2.45. The van der Waals surface area contributed by atoms with Crippen LogP contribution in [0.3, 0.4) is 0 Å². The van der Waals surface area contributed by atoms with Crippen molar-refractivity contribution in [1.29, 1.82) is 0 Å². The van der Waals surface area contributed by atoms with Crippen molar-refractivity contribution in [2.24, 2.45) is 0 Å². The van der Waals surface area contributed by atoms with Crippen molar-refractivity contribution in [3.8, 4) is 0 Å². The largest absolute Gasteiger partial charge is 0.397 e. The Labute approximate surface area is 124 Å². The number of rotatable bonds is 3. The van der Waals surface area contributed by atoms with Gasteiger partial charge in [-0.05, 0) is 47.5 Å². The van der Waals surface area contributed by atoms with Gasteiger partial charge in [-0.2, -0.15) is 0 Å². The van der Waals surface area contributed by atoms with Gasteiger partial charge >= 0.3 is 0 Å². The van der Waals surface area contributed by atoms with Gasteiger partial charge in [-0.25, -0.2) is 8.42 Å². The van der Waals surface area contributed by atoms with Crippen LogP contribution in [0.15, 0.2) is 32.9 Å². The quantitative estimate of drug-likeness (QED) is 0.822. The molecule has 3 N–H and O–H groups in total. The molecule has 2 aromatic rings. The maximum absolute atomic E-state index is 12.4. The molecule has 0 unspecified atom stereocenters. The van der Waals surface area contributed by atoms with Gasteiger partial charge in [0, 0.05) is 4.88 Å². The molecule has 0 aliphatic heterocycles. The fraction of sp³-hybridized carbons (Fsp3) is 0.167. The fourth-order valence-electron chi connectivity index (χ4n) is 1.72. The zero-order valence-electron chi connectivity index (χ0n) is 10.4. The summed E-state index contributed by atoms with van der Waals surface area (Å²) >= 11 is 4.67. The number of halogens is 1. The van der Waals surface area contributed by atoms with Crippen molar-refractivity contribution in [2.75, 3.05) is 10.5 Å². The molecule has 0 spiro atoms. The zero-order valence-corrected chi connectivity index (χ0v) is 13.6. The van der Waals surface area contributed by atoms with Crippen molar-refractivity contribution in [2.45, 2.75) is 18.7 Å². The number of nitrogens with two attached hydrogens (primary N) is 1. The third-order valence-electron chi connectivity index (χ3n) is 2.67. The Kier molecular flexibility index (Phi) is 3.89. The second-order valence-corrected chi connectivity index (χ2v) is 8.40. The predicted octanol–water partition coefficient (Wildman–Crippen LogP) is 3.51. The summed E-state index contributed by atoms with van der Waals surface area (Å²) < 4.78 is 28.1. The third kappa shape index (κ3) is 2.93. The highest BCUT2D eigenvalue weighted by atomic mass is 79.9. The van der Waals surface area contributed by atoms with E-state index >= 15 is 0 Å². The minimum Gasteiger partial charge on any atom is -0.397 e. The molecule has 0 aliphatic rings. The summed E-state index contributed by atoms with van der Waals surface area (Å²) in [5, 5.41) is 0. The SMILES string of the molecule is Cc1cccc(N)c1NS(=O)(=O)c1cc(Br)sc1C. The maximum atomic E-state index is 12.4. The Morgan fingerprint density at radius 3 is 2.53 bits per heavy atom. The van der Waals surface area contributed by atoms with Crippen LogP contribution < -0.4 is 10.5 Å². The predicted molar refractivity (Wildman–Crippen MR) is 83.2 cm³/mol. The monoisotopic (exact) mass is 360 g/mol. The number of hydrogen-bond donors (Lipinski definition) is 2. The average Bonchev–Trinajstić information content (AvgIpc) is 2.64. The molecule has 1 aromatic heterocycles. The highest BCUT2D eigenvalue weighted by Crippen LogP contribution is 2.32. The number of thiophene rings is 1. The molecule has 0 radical (unpaired) electrons. The van der Waals surface area contributed by atoms with Crippen LogP contribution in [0.4, 0.5) is 11.4 Å². The van der Waals surface area contributed by atoms with Gasteiger partial charge in [0.25, 0.3) is 10.0 Å². The van der Waals surface area contributed by atoms with E-state index in [0.29, 0.717) is 11.4 Å². The summed E-state index contributed by atoms with van der Waals surface area (Å²) in [7, 11) is -3.62. The first-order valence-electron chi connectivity index (χ1n) is 5.45. The molecule has 0 bridgehead atoms. The molecule has 0 saturated carbocycles. The van der Waals surface area contributed by atoms with Crippen LogP contribution in [-0.2, 0) is 10.0 Å².